The van der Waals surface area contributed by atoms with Gasteiger partial charge in [-0.1, -0.05) is 6.07 Å². The van der Waals surface area contributed by atoms with Crippen LogP contribution in [0.5, 0.6) is 0 Å². The molecule has 0 amide bonds. The minimum Gasteiger partial charge on any atom is -0.469 e. The zero-order valence-corrected chi connectivity index (χ0v) is 8.89. The first-order valence-electron chi connectivity index (χ1n) is 4.58. The molecule has 0 saturated heterocycles. The summed E-state index contributed by atoms with van der Waals surface area (Å²) in [7, 11) is 1.20. The third-order valence-electron chi connectivity index (χ3n) is 2.24. The second-order valence-electron chi connectivity index (χ2n) is 3.39. The van der Waals surface area contributed by atoms with Gasteiger partial charge >= 0.3 is 12.1 Å². The van der Waals surface area contributed by atoms with Gasteiger partial charge in [0.25, 0.3) is 0 Å². The highest BCUT2D eigenvalue weighted by molar-refractivity contribution is 5.73. The molecule has 1 rings (SSSR count). The fraction of sp³-hybridized carbons (Fsp3) is 0.364. The number of hydrogen-bond acceptors (Lipinski definition) is 2. The quantitative estimate of drug-likeness (QED) is 0.733. The summed E-state index contributed by atoms with van der Waals surface area (Å²) in [5.41, 5.74) is 0.220. The number of aryl methyl sites for hydroxylation is 1. The molecule has 0 aliphatic heterocycles. The molecule has 0 aliphatic carbocycles. The van der Waals surface area contributed by atoms with E-state index in [4.69, 9.17) is 0 Å². The van der Waals surface area contributed by atoms with Crippen LogP contribution in [0, 0.1) is 6.92 Å². The van der Waals surface area contributed by atoms with Crippen molar-refractivity contribution in [2.45, 2.75) is 19.5 Å². The van der Waals surface area contributed by atoms with Crippen LogP contribution in [0.3, 0.4) is 0 Å². The molecule has 0 aliphatic rings. The van der Waals surface area contributed by atoms with Crippen molar-refractivity contribution >= 4 is 5.97 Å². The summed E-state index contributed by atoms with van der Waals surface area (Å²) in [5, 5.41) is 0. The van der Waals surface area contributed by atoms with Crippen molar-refractivity contribution in [2.75, 3.05) is 7.11 Å². The number of halogens is 3. The van der Waals surface area contributed by atoms with Crippen molar-refractivity contribution in [3.8, 4) is 0 Å². The van der Waals surface area contributed by atoms with Gasteiger partial charge in [-0.3, -0.25) is 4.79 Å². The molecule has 0 fully saturated rings. The largest absolute Gasteiger partial charge is 0.469 e. The maximum atomic E-state index is 12.4. The number of ether oxygens (including phenoxy) is 1. The molecule has 0 N–H and O–H groups in total. The van der Waals surface area contributed by atoms with Crippen LogP contribution in [0.2, 0.25) is 0 Å². The first-order chi connectivity index (χ1) is 7.34. The maximum Gasteiger partial charge on any atom is 0.416 e. The van der Waals surface area contributed by atoms with Crippen LogP contribution in [-0.4, -0.2) is 13.1 Å². The SMILES string of the molecule is COC(=O)Cc1cc(C(F)(F)F)ccc1C. The van der Waals surface area contributed by atoms with Crippen LogP contribution in [0.4, 0.5) is 13.2 Å². The Balaban J connectivity index is 3.04. The molecule has 5 heteroatoms. The molecule has 1 aromatic carbocycles. The van der Waals surface area contributed by atoms with Crippen molar-refractivity contribution in [3.63, 3.8) is 0 Å². The minimum absolute atomic E-state index is 0.147. The summed E-state index contributed by atoms with van der Waals surface area (Å²) in [4.78, 5) is 11.0. The third-order valence-corrected chi connectivity index (χ3v) is 2.24. The predicted octanol–water partition coefficient (Wildman–Crippen LogP) is 2.73. The summed E-state index contributed by atoms with van der Waals surface area (Å²) in [6, 6.07) is 3.32. The van der Waals surface area contributed by atoms with E-state index in [0.29, 0.717) is 11.1 Å². The van der Waals surface area contributed by atoms with E-state index < -0.39 is 17.7 Å². The highest BCUT2D eigenvalue weighted by Gasteiger charge is 2.30. The average Bonchev–Trinajstić information content (AvgIpc) is 2.19. The standard InChI is InChI=1S/C11H11F3O2/c1-7-3-4-9(11(12,13)14)5-8(7)6-10(15)16-2/h3-5H,6H2,1-2H3. The summed E-state index contributed by atoms with van der Waals surface area (Å²) in [6.07, 6.45) is -4.54. The molecular formula is C11H11F3O2. The summed E-state index contributed by atoms with van der Waals surface area (Å²) < 4.78 is 41.6. The van der Waals surface area contributed by atoms with Gasteiger partial charge < -0.3 is 4.74 Å². The molecule has 0 atom stereocenters. The summed E-state index contributed by atoms with van der Waals surface area (Å²) in [5.74, 6) is -0.553. The number of carbonyl (C=O) groups is 1. The van der Waals surface area contributed by atoms with E-state index in [9.17, 15) is 18.0 Å². The lowest BCUT2D eigenvalue weighted by Gasteiger charge is -2.10. The molecule has 2 nitrogen and oxygen atoms in total. The van der Waals surface area contributed by atoms with Gasteiger partial charge in [0.05, 0.1) is 19.1 Å². The van der Waals surface area contributed by atoms with Gasteiger partial charge in [-0.05, 0) is 30.2 Å². The van der Waals surface area contributed by atoms with Gasteiger partial charge in [-0.2, -0.15) is 13.2 Å². The number of rotatable bonds is 2. The Bertz CT molecular complexity index is 397. The monoisotopic (exact) mass is 232 g/mol. The van der Waals surface area contributed by atoms with Gasteiger partial charge in [0.2, 0.25) is 0 Å². The fourth-order valence-corrected chi connectivity index (χ4v) is 1.27. The smallest absolute Gasteiger partial charge is 0.416 e. The molecule has 1 aromatic rings. The van der Waals surface area contributed by atoms with Crippen LogP contribution in [0.15, 0.2) is 18.2 Å². The number of hydrogen-bond donors (Lipinski definition) is 0. The molecule has 0 radical (unpaired) electrons. The lowest BCUT2D eigenvalue weighted by Crippen LogP contribution is -2.09. The van der Waals surface area contributed by atoms with Crippen LogP contribution < -0.4 is 0 Å². The van der Waals surface area contributed by atoms with Gasteiger partial charge in [0.1, 0.15) is 0 Å². The van der Waals surface area contributed by atoms with Crippen LogP contribution in [0.25, 0.3) is 0 Å². The van der Waals surface area contributed by atoms with Crippen molar-refractivity contribution in [3.05, 3.63) is 34.9 Å². The van der Waals surface area contributed by atoms with Gasteiger partial charge in [0.15, 0.2) is 0 Å². The number of alkyl halides is 3. The van der Waals surface area contributed by atoms with Crippen molar-refractivity contribution in [1.82, 2.24) is 0 Å². The number of methoxy groups -OCH3 is 1. The normalized spacial score (nSPS) is 11.3. The van der Waals surface area contributed by atoms with E-state index in [1.165, 1.54) is 13.2 Å². The molecule has 0 spiro atoms. The Morgan fingerprint density at radius 2 is 2.00 bits per heavy atom. The summed E-state index contributed by atoms with van der Waals surface area (Å²) in [6.45, 7) is 1.65. The number of esters is 1. The Hall–Kier alpha value is -1.52. The van der Waals surface area contributed by atoms with Gasteiger partial charge in [-0.25, -0.2) is 0 Å². The Morgan fingerprint density at radius 3 is 2.50 bits per heavy atom. The minimum atomic E-state index is -4.39. The van der Waals surface area contributed by atoms with E-state index >= 15 is 0 Å². The fourth-order valence-electron chi connectivity index (χ4n) is 1.27. The third kappa shape index (κ3) is 2.98. The van der Waals surface area contributed by atoms with Gasteiger partial charge in [-0.15, -0.1) is 0 Å². The van der Waals surface area contributed by atoms with Crippen LogP contribution in [0.1, 0.15) is 16.7 Å². The Labute approximate surface area is 91.0 Å². The Morgan fingerprint density at radius 1 is 1.38 bits per heavy atom. The highest BCUT2D eigenvalue weighted by atomic mass is 19.4. The lowest BCUT2D eigenvalue weighted by molar-refractivity contribution is -0.140. The lowest BCUT2D eigenvalue weighted by atomic mass is 10.0. The van der Waals surface area contributed by atoms with Crippen LogP contribution in [-0.2, 0) is 22.1 Å². The zero-order chi connectivity index (χ0) is 12.3. The molecule has 88 valence electrons. The molecule has 0 bridgehead atoms. The zero-order valence-electron chi connectivity index (χ0n) is 8.89. The topological polar surface area (TPSA) is 26.3 Å². The van der Waals surface area contributed by atoms with E-state index in [-0.39, 0.29) is 6.42 Å². The average molecular weight is 232 g/mol. The first-order valence-corrected chi connectivity index (χ1v) is 4.58. The van der Waals surface area contributed by atoms with Crippen molar-refractivity contribution < 1.29 is 22.7 Å². The molecule has 16 heavy (non-hydrogen) atoms. The first kappa shape index (κ1) is 12.5. The van der Waals surface area contributed by atoms with E-state index in [1.807, 2.05) is 0 Å². The highest BCUT2D eigenvalue weighted by Crippen LogP contribution is 2.30. The maximum absolute atomic E-state index is 12.4. The number of benzene rings is 1. The molecule has 0 unspecified atom stereocenters. The predicted molar refractivity (Wildman–Crippen MR) is 51.9 cm³/mol. The molecule has 0 heterocycles. The Kier molecular flexibility index (Phi) is 3.57. The van der Waals surface area contributed by atoms with E-state index in [1.54, 1.807) is 6.92 Å². The molecule has 0 aromatic heterocycles. The second-order valence-corrected chi connectivity index (χ2v) is 3.39. The molecular weight excluding hydrogens is 221 g/mol. The van der Waals surface area contributed by atoms with Crippen LogP contribution >= 0.6 is 0 Å². The van der Waals surface area contributed by atoms with Crippen molar-refractivity contribution in [2.24, 2.45) is 0 Å². The molecule has 0 saturated carbocycles. The van der Waals surface area contributed by atoms with E-state index in [0.717, 1.165) is 12.1 Å². The summed E-state index contributed by atoms with van der Waals surface area (Å²) >= 11 is 0. The van der Waals surface area contributed by atoms with Crippen molar-refractivity contribution in [1.29, 1.82) is 0 Å². The second kappa shape index (κ2) is 4.55. The number of carbonyl (C=O) groups excluding carboxylic acids is 1. The van der Waals surface area contributed by atoms with Gasteiger partial charge in [0, 0.05) is 0 Å². The van der Waals surface area contributed by atoms with E-state index in [2.05, 4.69) is 4.74 Å².